The number of rotatable bonds is 3. The maximum Gasteiger partial charge on any atom is 0.252 e. The van der Waals surface area contributed by atoms with E-state index in [9.17, 15) is 0 Å². The molecule has 12 rings (SSSR count). The van der Waals surface area contributed by atoms with E-state index in [-0.39, 0.29) is 33.8 Å². The molecule has 0 bridgehead atoms. The minimum Gasteiger partial charge on any atom is -0.311 e. The SMILES string of the molecule is CC(C)(C)c1cc(N2c3cc(-c4ccc5c(c4)C(C)(C)c4ccccc4-5)cc4c3B(c3ccc5ccccc5c32)c2ccc3ccccc3c2N4c2cc(C(C)(C)C)cc(C(C)(C)C)c2)cc(C(C)(C)C)c1. The average Bonchev–Trinajstić information content (AvgIpc) is 3.57. The summed E-state index contributed by atoms with van der Waals surface area (Å²) in [6, 6.07) is 64.2. The molecule has 1 aliphatic carbocycles. The molecule has 72 heavy (non-hydrogen) atoms. The normalized spacial score (nSPS) is 14.8. The first-order chi connectivity index (χ1) is 34.0. The van der Waals surface area contributed by atoms with Crippen LogP contribution in [0, 0.1) is 0 Å². The lowest BCUT2D eigenvalue weighted by molar-refractivity contribution is 0.568. The first-order valence-electron chi connectivity index (χ1n) is 26.4. The molecule has 0 fully saturated rings. The minimum atomic E-state index is -0.142. The summed E-state index contributed by atoms with van der Waals surface area (Å²) < 4.78 is 0. The van der Waals surface area contributed by atoms with E-state index in [2.05, 4.69) is 271 Å². The van der Waals surface area contributed by atoms with Gasteiger partial charge in [-0.1, -0.05) is 218 Å². The van der Waals surface area contributed by atoms with Gasteiger partial charge in [0.25, 0.3) is 6.71 Å². The van der Waals surface area contributed by atoms with Gasteiger partial charge in [0.05, 0.1) is 0 Å². The molecule has 0 radical (unpaired) electrons. The van der Waals surface area contributed by atoms with Crippen LogP contribution in [0.25, 0.3) is 43.8 Å². The Kier molecular flexibility index (Phi) is 10.0. The number of fused-ring (bicyclic) bond motifs is 11. The molecule has 9 aromatic carbocycles. The van der Waals surface area contributed by atoms with Crippen LogP contribution < -0.4 is 26.2 Å². The zero-order valence-corrected chi connectivity index (χ0v) is 45.1. The van der Waals surface area contributed by atoms with Crippen molar-refractivity contribution in [2.45, 2.75) is 124 Å². The van der Waals surface area contributed by atoms with Crippen LogP contribution >= 0.6 is 0 Å². The Morgan fingerprint density at radius 3 is 1.25 bits per heavy atom. The molecule has 0 saturated carbocycles. The second-order valence-corrected chi connectivity index (χ2v) is 25.9. The van der Waals surface area contributed by atoms with Crippen LogP contribution in [0.4, 0.5) is 34.1 Å². The van der Waals surface area contributed by atoms with Crippen molar-refractivity contribution in [3.05, 3.63) is 197 Å². The van der Waals surface area contributed by atoms with Gasteiger partial charge in [-0.2, -0.15) is 0 Å². The highest BCUT2D eigenvalue weighted by Crippen LogP contribution is 2.53. The molecule has 0 saturated heterocycles. The van der Waals surface area contributed by atoms with Crippen LogP contribution in [0.3, 0.4) is 0 Å². The van der Waals surface area contributed by atoms with Crippen LogP contribution in [-0.4, -0.2) is 6.71 Å². The van der Waals surface area contributed by atoms with Crippen molar-refractivity contribution in [2.75, 3.05) is 9.80 Å². The van der Waals surface area contributed by atoms with Crippen LogP contribution in [0.5, 0.6) is 0 Å². The Morgan fingerprint density at radius 2 is 0.792 bits per heavy atom. The zero-order valence-electron chi connectivity index (χ0n) is 45.1. The molecule has 3 aliphatic rings. The van der Waals surface area contributed by atoms with Gasteiger partial charge in [-0.25, -0.2) is 0 Å². The summed E-state index contributed by atoms with van der Waals surface area (Å²) in [4.78, 5) is 5.37. The Balaban J connectivity index is 1.26. The van der Waals surface area contributed by atoms with E-state index in [0.29, 0.717) is 0 Å². The summed E-state index contributed by atoms with van der Waals surface area (Å²) in [5.74, 6) is 0. The fraction of sp³-hybridized carbons (Fsp3) is 0.275. The molecule has 0 spiro atoms. The molecule has 0 amide bonds. The van der Waals surface area contributed by atoms with E-state index in [1.165, 1.54) is 128 Å². The minimum absolute atomic E-state index is 0.0371. The van der Waals surface area contributed by atoms with E-state index in [1.54, 1.807) is 0 Å². The molecule has 358 valence electrons. The fourth-order valence-electron chi connectivity index (χ4n) is 12.3. The standard InChI is InChI=1S/C69H69BN2/c1-65(2,3)46-36-47(66(4,5)6)39-50(38-46)71-60-34-45(44-27-30-55-54-25-19-20-26-56(54)69(13,14)57(55)33-44)35-61-62(60)70(58-31-28-42-21-15-17-23-52(42)63(58)71)59-32-29-43-22-16-18-24-53(43)64(59)72(61)51-40-48(67(7,8)9)37-49(41-51)68(10,11)12/h15-41H,1-14H3. The van der Waals surface area contributed by atoms with Gasteiger partial charge in [0.1, 0.15) is 0 Å². The van der Waals surface area contributed by atoms with Crippen molar-refractivity contribution in [1.82, 2.24) is 0 Å². The van der Waals surface area contributed by atoms with E-state index < -0.39 is 0 Å². The lowest BCUT2D eigenvalue weighted by atomic mass is 9.33. The lowest BCUT2D eigenvalue weighted by Crippen LogP contribution is -2.61. The summed E-state index contributed by atoms with van der Waals surface area (Å²) >= 11 is 0. The highest BCUT2D eigenvalue weighted by atomic mass is 15.2. The lowest BCUT2D eigenvalue weighted by Gasteiger charge is -2.46. The fourth-order valence-corrected chi connectivity index (χ4v) is 12.3. The second-order valence-electron chi connectivity index (χ2n) is 25.9. The Hall–Kier alpha value is -6.84. The largest absolute Gasteiger partial charge is 0.311 e. The molecule has 0 unspecified atom stereocenters. The van der Waals surface area contributed by atoms with Gasteiger partial charge in [0, 0.05) is 50.3 Å². The summed E-state index contributed by atoms with van der Waals surface area (Å²) in [5.41, 5.74) is 24.2. The van der Waals surface area contributed by atoms with Crippen molar-refractivity contribution in [3.8, 4) is 22.3 Å². The molecular formula is C69H69BN2. The van der Waals surface area contributed by atoms with Gasteiger partial charge in [-0.15, -0.1) is 0 Å². The summed E-state index contributed by atoms with van der Waals surface area (Å²) in [5, 5.41) is 5.02. The molecule has 2 nitrogen and oxygen atoms in total. The number of hydrogen-bond acceptors (Lipinski definition) is 2. The summed E-state index contributed by atoms with van der Waals surface area (Å²) in [6.45, 7) is 33.1. The van der Waals surface area contributed by atoms with Crippen molar-refractivity contribution >= 4 is 78.8 Å². The highest BCUT2D eigenvalue weighted by molar-refractivity contribution is 7.00. The number of benzene rings is 9. The third-order valence-electron chi connectivity index (χ3n) is 16.6. The summed E-state index contributed by atoms with van der Waals surface area (Å²) in [6.07, 6.45) is 0. The van der Waals surface area contributed by atoms with E-state index in [4.69, 9.17) is 0 Å². The second kappa shape index (κ2) is 15.6. The first kappa shape index (κ1) is 46.2. The topological polar surface area (TPSA) is 6.48 Å². The van der Waals surface area contributed by atoms with Crippen molar-refractivity contribution in [2.24, 2.45) is 0 Å². The number of anilines is 6. The maximum absolute atomic E-state index is 2.69. The Morgan fingerprint density at radius 1 is 0.375 bits per heavy atom. The van der Waals surface area contributed by atoms with Crippen LogP contribution in [0.2, 0.25) is 0 Å². The van der Waals surface area contributed by atoms with E-state index >= 15 is 0 Å². The van der Waals surface area contributed by atoms with Gasteiger partial charge in [0.2, 0.25) is 0 Å². The Bertz CT molecular complexity index is 3480. The molecule has 2 aliphatic heterocycles. The van der Waals surface area contributed by atoms with Crippen molar-refractivity contribution < 1.29 is 0 Å². The molecule has 0 atom stereocenters. The van der Waals surface area contributed by atoms with Crippen molar-refractivity contribution in [3.63, 3.8) is 0 Å². The molecule has 2 heterocycles. The molecule has 3 heteroatoms. The van der Waals surface area contributed by atoms with Gasteiger partial charge in [-0.05, 0) is 147 Å². The highest BCUT2D eigenvalue weighted by Gasteiger charge is 2.46. The molecular weight excluding hydrogens is 868 g/mol. The first-order valence-corrected chi connectivity index (χ1v) is 26.4. The van der Waals surface area contributed by atoms with Gasteiger partial charge < -0.3 is 9.80 Å². The van der Waals surface area contributed by atoms with Crippen LogP contribution in [0.1, 0.15) is 130 Å². The predicted octanol–water partition coefficient (Wildman–Crippen LogP) is 17.2. The molecule has 0 N–H and O–H groups in total. The van der Waals surface area contributed by atoms with Crippen LogP contribution in [0.15, 0.2) is 164 Å². The van der Waals surface area contributed by atoms with Gasteiger partial charge in [-0.3, -0.25) is 0 Å². The van der Waals surface area contributed by atoms with E-state index in [1.807, 2.05) is 0 Å². The maximum atomic E-state index is 2.69. The van der Waals surface area contributed by atoms with Crippen LogP contribution in [-0.2, 0) is 27.1 Å². The monoisotopic (exact) mass is 937 g/mol. The molecule has 0 aromatic heterocycles. The van der Waals surface area contributed by atoms with Gasteiger partial charge in [0.15, 0.2) is 0 Å². The van der Waals surface area contributed by atoms with Crippen molar-refractivity contribution in [1.29, 1.82) is 0 Å². The quantitative estimate of drug-likeness (QED) is 0.163. The smallest absolute Gasteiger partial charge is 0.252 e. The average molecular weight is 937 g/mol. The third kappa shape index (κ3) is 7.12. The van der Waals surface area contributed by atoms with Gasteiger partial charge >= 0.3 is 0 Å². The summed E-state index contributed by atoms with van der Waals surface area (Å²) in [7, 11) is 0. The number of hydrogen-bond donors (Lipinski definition) is 0. The predicted molar refractivity (Wildman–Crippen MR) is 313 cm³/mol. The number of nitrogens with zero attached hydrogens (tertiary/aromatic N) is 2. The zero-order chi connectivity index (χ0) is 50.6. The molecule has 9 aromatic rings. The third-order valence-corrected chi connectivity index (χ3v) is 16.6. The Labute approximate surface area is 429 Å². The van der Waals surface area contributed by atoms with E-state index in [0.717, 1.165) is 0 Å².